The first kappa shape index (κ1) is 19.9. The lowest BCUT2D eigenvalue weighted by atomic mass is 10.2. The van der Waals surface area contributed by atoms with Crippen molar-refractivity contribution in [3.05, 3.63) is 12.7 Å². The van der Waals surface area contributed by atoms with Gasteiger partial charge in [0.25, 0.3) is 0 Å². The van der Waals surface area contributed by atoms with E-state index in [1.807, 2.05) is 0 Å². The van der Waals surface area contributed by atoms with E-state index in [9.17, 15) is 14.4 Å². The van der Waals surface area contributed by atoms with E-state index in [4.69, 9.17) is 15.2 Å². The number of carbonyl (C=O) groups excluding carboxylic acids is 3. The fourth-order valence-corrected chi connectivity index (χ4v) is 1.32. The van der Waals surface area contributed by atoms with Gasteiger partial charge in [0.2, 0.25) is 5.91 Å². The lowest BCUT2D eigenvalue weighted by Crippen LogP contribution is -2.54. The molecule has 0 aromatic rings. The molecule has 0 aliphatic heterocycles. The summed E-state index contributed by atoms with van der Waals surface area (Å²) in [6.45, 7) is 9.88. The zero-order chi connectivity index (χ0) is 17.3. The normalized spacial score (nSPS) is 13.5. The standard InChI is InChI=1S/C14H25N3O5/c1-6-7-21-12(19)9(2)16-11(18)10(8-15)17-13(20)22-14(3,4)5/h6,9-10H,1,7-8,15H2,2-5H3,(H,16,18)(H,17,20)/t9-,10-/m0/s1. The number of carbonyl (C=O) groups is 3. The van der Waals surface area contributed by atoms with E-state index < -0.39 is 35.7 Å². The van der Waals surface area contributed by atoms with Gasteiger partial charge >= 0.3 is 12.1 Å². The highest BCUT2D eigenvalue weighted by molar-refractivity contribution is 5.89. The van der Waals surface area contributed by atoms with Crippen molar-refractivity contribution < 1.29 is 23.9 Å². The Kier molecular flexibility index (Phi) is 8.18. The summed E-state index contributed by atoms with van der Waals surface area (Å²) < 4.78 is 9.84. The van der Waals surface area contributed by atoms with Gasteiger partial charge < -0.3 is 25.8 Å². The minimum Gasteiger partial charge on any atom is -0.460 e. The Morgan fingerprint density at radius 3 is 2.32 bits per heavy atom. The maximum absolute atomic E-state index is 12.0. The van der Waals surface area contributed by atoms with Gasteiger partial charge in [-0.1, -0.05) is 12.7 Å². The smallest absolute Gasteiger partial charge is 0.408 e. The Bertz CT molecular complexity index is 417. The number of amides is 2. The molecule has 2 amide bonds. The van der Waals surface area contributed by atoms with Gasteiger partial charge in [-0.2, -0.15) is 0 Å². The molecule has 0 unspecified atom stereocenters. The van der Waals surface area contributed by atoms with Gasteiger partial charge in [0.1, 0.15) is 24.3 Å². The molecule has 0 aromatic carbocycles. The third kappa shape index (κ3) is 8.25. The summed E-state index contributed by atoms with van der Waals surface area (Å²) in [5, 5.41) is 4.75. The molecular weight excluding hydrogens is 290 g/mol. The maximum atomic E-state index is 12.0. The van der Waals surface area contributed by atoms with Crippen LogP contribution in [0.4, 0.5) is 4.79 Å². The zero-order valence-electron chi connectivity index (χ0n) is 13.5. The summed E-state index contributed by atoms with van der Waals surface area (Å²) in [6, 6.07) is -1.88. The topological polar surface area (TPSA) is 120 Å². The van der Waals surface area contributed by atoms with Crippen molar-refractivity contribution >= 4 is 18.0 Å². The van der Waals surface area contributed by atoms with E-state index in [2.05, 4.69) is 17.2 Å². The maximum Gasteiger partial charge on any atom is 0.408 e. The first-order valence-corrected chi connectivity index (χ1v) is 6.88. The highest BCUT2D eigenvalue weighted by Crippen LogP contribution is 2.06. The second-order valence-electron chi connectivity index (χ2n) is 5.58. The van der Waals surface area contributed by atoms with Crippen LogP contribution in [0.15, 0.2) is 12.7 Å². The first-order valence-electron chi connectivity index (χ1n) is 6.88. The molecule has 0 bridgehead atoms. The predicted molar refractivity (Wildman–Crippen MR) is 81.0 cm³/mol. The molecule has 8 heteroatoms. The fourth-order valence-electron chi connectivity index (χ4n) is 1.32. The first-order chi connectivity index (χ1) is 10.1. The Hall–Kier alpha value is -2.09. The third-order valence-electron chi connectivity index (χ3n) is 2.30. The molecule has 22 heavy (non-hydrogen) atoms. The molecule has 0 saturated carbocycles. The number of rotatable bonds is 7. The van der Waals surface area contributed by atoms with E-state index in [-0.39, 0.29) is 13.2 Å². The van der Waals surface area contributed by atoms with Gasteiger partial charge in [-0.25, -0.2) is 9.59 Å². The number of nitrogens with one attached hydrogen (secondary N) is 2. The van der Waals surface area contributed by atoms with Crippen molar-refractivity contribution in [3.8, 4) is 0 Å². The summed E-state index contributed by atoms with van der Waals surface area (Å²) >= 11 is 0. The second kappa shape index (κ2) is 9.04. The molecule has 126 valence electrons. The largest absolute Gasteiger partial charge is 0.460 e. The van der Waals surface area contributed by atoms with E-state index in [0.29, 0.717) is 0 Å². The number of hydrogen-bond acceptors (Lipinski definition) is 6. The minimum absolute atomic E-state index is 0.0511. The van der Waals surface area contributed by atoms with Crippen LogP contribution in [-0.2, 0) is 19.1 Å². The van der Waals surface area contributed by atoms with Gasteiger partial charge in [-0.15, -0.1) is 0 Å². The van der Waals surface area contributed by atoms with Gasteiger partial charge in [-0.05, 0) is 27.7 Å². The van der Waals surface area contributed by atoms with Gasteiger partial charge in [-0.3, -0.25) is 4.79 Å². The highest BCUT2D eigenvalue weighted by Gasteiger charge is 2.26. The average molecular weight is 315 g/mol. The van der Waals surface area contributed by atoms with E-state index >= 15 is 0 Å². The summed E-state index contributed by atoms with van der Waals surface area (Å²) in [5.41, 5.74) is 4.76. The summed E-state index contributed by atoms with van der Waals surface area (Å²) in [5.74, 6) is -1.21. The molecule has 0 radical (unpaired) electrons. The average Bonchev–Trinajstić information content (AvgIpc) is 2.39. The van der Waals surface area contributed by atoms with Crippen LogP contribution in [0.5, 0.6) is 0 Å². The van der Waals surface area contributed by atoms with E-state index in [1.54, 1.807) is 20.8 Å². The molecule has 8 nitrogen and oxygen atoms in total. The van der Waals surface area contributed by atoms with Crippen LogP contribution < -0.4 is 16.4 Å². The molecular formula is C14H25N3O5. The Labute approximate surface area is 130 Å². The lowest BCUT2D eigenvalue weighted by Gasteiger charge is -2.23. The number of esters is 1. The van der Waals surface area contributed by atoms with Crippen LogP contribution >= 0.6 is 0 Å². The Morgan fingerprint density at radius 1 is 1.27 bits per heavy atom. The van der Waals surface area contributed by atoms with Gasteiger partial charge in [0, 0.05) is 6.54 Å². The van der Waals surface area contributed by atoms with E-state index in [1.165, 1.54) is 13.0 Å². The van der Waals surface area contributed by atoms with Crippen molar-refractivity contribution in [2.75, 3.05) is 13.2 Å². The van der Waals surface area contributed by atoms with Gasteiger partial charge in [0.05, 0.1) is 0 Å². The van der Waals surface area contributed by atoms with Crippen LogP contribution in [0.2, 0.25) is 0 Å². The predicted octanol–water partition coefficient (Wildman–Crippen LogP) is 0.0723. The lowest BCUT2D eigenvalue weighted by molar-refractivity contribution is -0.146. The van der Waals surface area contributed by atoms with Crippen molar-refractivity contribution in [2.45, 2.75) is 45.4 Å². The summed E-state index contributed by atoms with van der Waals surface area (Å²) in [6.07, 6.45) is 0.652. The van der Waals surface area contributed by atoms with Crippen LogP contribution in [0.1, 0.15) is 27.7 Å². The quantitative estimate of drug-likeness (QED) is 0.452. The highest BCUT2D eigenvalue weighted by atomic mass is 16.6. The molecule has 2 atom stereocenters. The zero-order valence-corrected chi connectivity index (χ0v) is 13.5. The number of hydrogen-bond donors (Lipinski definition) is 3. The summed E-state index contributed by atoms with van der Waals surface area (Å²) in [7, 11) is 0. The summed E-state index contributed by atoms with van der Waals surface area (Å²) in [4.78, 5) is 35.1. The van der Waals surface area contributed by atoms with Crippen molar-refractivity contribution in [1.82, 2.24) is 10.6 Å². The van der Waals surface area contributed by atoms with E-state index in [0.717, 1.165) is 0 Å². The third-order valence-corrected chi connectivity index (χ3v) is 2.30. The Morgan fingerprint density at radius 2 is 1.86 bits per heavy atom. The molecule has 0 heterocycles. The minimum atomic E-state index is -1.01. The monoisotopic (exact) mass is 315 g/mol. The molecule has 4 N–H and O–H groups in total. The van der Waals surface area contributed by atoms with Crippen LogP contribution in [-0.4, -0.2) is 48.8 Å². The molecule has 0 aromatic heterocycles. The molecule has 0 fully saturated rings. The molecule has 0 rings (SSSR count). The van der Waals surface area contributed by atoms with Crippen LogP contribution in [0, 0.1) is 0 Å². The number of alkyl carbamates (subject to hydrolysis) is 1. The van der Waals surface area contributed by atoms with Crippen molar-refractivity contribution in [1.29, 1.82) is 0 Å². The van der Waals surface area contributed by atoms with Gasteiger partial charge in [0.15, 0.2) is 0 Å². The van der Waals surface area contributed by atoms with Crippen LogP contribution in [0.25, 0.3) is 0 Å². The molecule has 0 aliphatic rings. The number of ether oxygens (including phenoxy) is 2. The number of nitrogens with two attached hydrogens (primary N) is 1. The van der Waals surface area contributed by atoms with Crippen molar-refractivity contribution in [2.24, 2.45) is 5.73 Å². The van der Waals surface area contributed by atoms with Crippen LogP contribution in [0.3, 0.4) is 0 Å². The fraction of sp³-hybridized carbons (Fsp3) is 0.643. The molecule has 0 saturated heterocycles. The second-order valence-corrected chi connectivity index (χ2v) is 5.58. The SMILES string of the molecule is C=CCOC(=O)[C@H](C)NC(=O)[C@H](CN)NC(=O)OC(C)(C)C. The molecule has 0 aliphatic carbocycles. The Balaban J connectivity index is 4.49. The van der Waals surface area contributed by atoms with Crippen molar-refractivity contribution in [3.63, 3.8) is 0 Å². The molecule has 0 spiro atoms.